The van der Waals surface area contributed by atoms with E-state index in [-0.39, 0.29) is 11.9 Å². The van der Waals surface area contributed by atoms with Gasteiger partial charge in [0.05, 0.1) is 12.5 Å². The molecule has 22 heavy (non-hydrogen) atoms. The van der Waals surface area contributed by atoms with E-state index in [1.54, 1.807) is 0 Å². The Hall–Kier alpha value is -0.530. The third-order valence-electron chi connectivity index (χ3n) is 4.43. The number of esters is 1. The molecule has 0 aromatic rings. The van der Waals surface area contributed by atoms with E-state index in [0.717, 1.165) is 12.8 Å². The summed E-state index contributed by atoms with van der Waals surface area (Å²) in [6.07, 6.45) is 17.6. The van der Waals surface area contributed by atoms with E-state index in [1.807, 2.05) is 6.92 Å². The van der Waals surface area contributed by atoms with Crippen LogP contribution in [0.1, 0.15) is 111 Å². The van der Waals surface area contributed by atoms with Gasteiger partial charge >= 0.3 is 5.97 Å². The monoisotopic (exact) mass is 312 g/mol. The number of hydrogen-bond donors (Lipinski definition) is 0. The zero-order chi connectivity index (χ0) is 16.5. The van der Waals surface area contributed by atoms with Crippen molar-refractivity contribution >= 4 is 5.97 Å². The highest BCUT2D eigenvalue weighted by Crippen LogP contribution is 2.20. The predicted molar refractivity (Wildman–Crippen MR) is 96.1 cm³/mol. The molecule has 132 valence electrons. The summed E-state index contributed by atoms with van der Waals surface area (Å²) in [6.45, 7) is 6.91. The molecule has 0 fully saturated rings. The van der Waals surface area contributed by atoms with Crippen molar-refractivity contribution in [1.29, 1.82) is 0 Å². The molecule has 0 saturated heterocycles. The SMILES string of the molecule is CCCCCCCCCCC(CCCCCC)C(=O)OCC. The van der Waals surface area contributed by atoms with Crippen molar-refractivity contribution in [2.75, 3.05) is 6.61 Å². The normalized spacial score (nSPS) is 12.3. The van der Waals surface area contributed by atoms with Crippen LogP contribution in [0, 0.1) is 5.92 Å². The third-order valence-corrected chi connectivity index (χ3v) is 4.43. The summed E-state index contributed by atoms with van der Waals surface area (Å²) >= 11 is 0. The lowest BCUT2D eigenvalue weighted by molar-refractivity contribution is -0.148. The molecule has 0 spiro atoms. The van der Waals surface area contributed by atoms with Crippen LogP contribution in [0.3, 0.4) is 0 Å². The van der Waals surface area contributed by atoms with Gasteiger partial charge in [-0.1, -0.05) is 90.9 Å². The topological polar surface area (TPSA) is 26.3 Å². The van der Waals surface area contributed by atoms with Crippen molar-refractivity contribution < 1.29 is 9.53 Å². The largest absolute Gasteiger partial charge is 0.466 e. The molecule has 2 nitrogen and oxygen atoms in total. The quantitative estimate of drug-likeness (QED) is 0.235. The number of hydrogen-bond acceptors (Lipinski definition) is 2. The highest BCUT2D eigenvalue weighted by Gasteiger charge is 2.18. The molecule has 0 aliphatic carbocycles. The van der Waals surface area contributed by atoms with Gasteiger partial charge in [-0.3, -0.25) is 4.79 Å². The summed E-state index contributed by atoms with van der Waals surface area (Å²) in [5, 5.41) is 0. The molecular formula is C20H40O2. The first-order valence-electron chi connectivity index (χ1n) is 9.92. The van der Waals surface area contributed by atoms with Crippen LogP contribution in [-0.2, 0) is 9.53 Å². The van der Waals surface area contributed by atoms with E-state index in [0.29, 0.717) is 6.61 Å². The van der Waals surface area contributed by atoms with E-state index in [9.17, 15) is 4.79 Å². The fraction of sp³-hybridized carbons (Fsp3) is 0.950. The number of rotatable bonds is 16. The van der Waals surface area contributed by atoms with Gasteiger partial charge in [0.1, 0.15) is 0 Å². The van der Waals surface area contributed by atoms with E-state index in [1.165, 1.54) is 77.0 Å². The summed E-state index contributed by atoms with van der Waals surface area (Å²) < 4.78 is 5.24. The van der Waals surface area contributed by atoms with Crippen molar-refractivity contribution in [3.05, 3.63) is 0 Å². The molecule has 0 amide bonds. The zero-order valence-corrected chi connectivity index (χ0v) is 15.5. The molecule has 0 saturated carbocycles. The highest BCUT2D eigenvalue weighted by atomic mass is 16.5. The van der Waals surface area contributed by atoms with Gasteiger partial charge in [-0.15, -0.1) is 0 Å². The standard InChI is InChI=1S/C20H40O2/c1-4-7-9-11-12-13-14-16-18-19(20(21)22-6-3)17-15-10-8-5-2/h19H,4-18H2,1-3H3. The molecule has 0 radical (unpaired) electrons. The van der Waals surface area contributed by atoms with Crippen LogP contribution in [0.5, 0.6) is 0 Å². The Kier molecular flexibility index (Phi) is 16.4. The van der Waals surface area contributed by atoms with Gasteiger partial charge in [0.2, 0.25) is 0 Å². The summed E-state index contributed by atoms with van der Waals surface area (Å²) in [4.78, 5) is 12.0. The smallest absolute Gasteiger partial charge is 0.308 e. The maximum absolute atomic E-state index is 12.0. The lowest BCUT2D eigenvalue weighted by Crippen LogP contribution is -2.18. The maximum atomic E-state index is 12.0. The first-order valence-corrected chi connectivity index (χ1v) is 9.92. The second kappa shape index (κ2) is 16.8. The minimum atomic E-state index is 0.0435. The number of unbranched alkanes of at least 4 members (excludes halogenated alkanes) is 10. The Morgan fingerprint density at radius 2 is 1.09 bits per heavy atom. The van der Waals surface area contributed by atoms with E-state index in [4.69, 9.17) is 4.74 Å². The average molecular weight is 313 g/mol. The summed E-state index contributed by atoms with van der Waals surface area (Å²) in [5.74, 6) is 0.193. The highest BCUT2D eigenvalue weighted by molar-refractivity contribution is 5.72. The molecule has 0 aliphatic heterocycles. The molecule has 1 atom stereocenters. The second-order valence-corrected chi connectivity index (χ2v) is 6.56. The average Bonchev–Trinajstić information content (AvgIpc) is 2.52. The Balaban J connectivity index is 3.75. The third kappa shape index (κ3) is 13.2. The zero-order valence-electron chi connectivity index (χ0n) is 15.5. The molecule has 0 rings (SSSR count). The number of carbonyl (C=O) groups excluding carboxylic acids is 1. The molecule has 0 aliphatic rings. The van der Waals surface area contributed by atoms with Gasteiger partial charge in [0.15, 0.2) is 0 Å². The van der Waals surface area contributed by atoms with Gasteiger partial charge in [0, 0.05) is 0 Å². The van der Waals surface area contributed by atoms with E-state index in [2.05, 4.69) is 13.8 Å². The lowest BCUT2D eigenvalue weighted by Gasteiger charge is -2.15. The van der Waals surface area contributed by atoms with Gasteiger partial charge in [-0.2, -0.15) is 0 Å². The Labute approximate surface area is 139 Å². The minimum Gasteiger partial charge on any atom is -0.466 e. The first-order chi connectivity index (χ1) is 10.8. The maximum Gasteiger partial charge on any atom is 0.308 e. The molecule has 0 aromatic heterocycles. The van der Waals surface area contributed by atoms with Crippen LogP contribution in [0.25, 0.3) is 0 Å². The number of carbonyl (C=O) groups is 1. The van der Waals surface area contributed by atoms with Crippen LogP contribution < -0.4 is 0 Å². The van der Waals surface area contributed by atoms with E-state index >= 15 is 0 Å². The number of ether oxygens (including phenoxy) is 1. The second-order valence-electron chi connectivity index (χ2n) is 6.56. The van der Waals surface area contributed by atoms with Gasteiger partial charge in [-0.05, 0) is 19.8 Å². The molecule has 0 heterocycles. The lowest BCUT2D eigenvalue weighted by atomic mass is 9.94. The molecule has 1 unspecified atom stereocenters. The van der Waals surface area contributed by atoms with Crippen LogP contribution in [0.2, 0.25) is 0 Å². The minimum absolute atomic E-state index is 0.0435. The van der Waals surface area contributed by atoms with Crippen LogP contribution in [0.4, 0.5) is 0 Å². The van der Waals surface area contributed by atoms with Crippen molar-refractivity contribution in [2.24, 2.45) is 5.92 Å². The molecule has 2 heteroatoms. The van der Waals surface area contributed by atoms with Gasteiger partial charge < -0.3 is 4.74 Å². The Morgan fingerprint density at radius 1 is 0.682 bits per heavy atom. The van der Waals surface area contributed by atoms with Crippen molar-refractivity contribution in [1.82, 2.24) is 0 Å². The summed E-state index contributed by atoms with van der Waals surface area (Å²) in [7, 11) is 0. The Bertz CT molecular complexity index is 238. The molecule has 0 N–H and O–H groups in total. The molecule has 0 bridgehead atoms. The van der Waals surface area contributed by atoms with Crippen molar-refractivity contribution in [2.45, 2.75) is 111 Å². The van der Waals surface area contributed by atoms with Crippen LogP contribution >= 0.6 is 0 Å². The van der Waals surface area contributed by atoms with Gasteiger partial charge in [0.25, 0.3) is 0 Å². The fourth-order valence-corrected chi connectivity index (χ4v) is 2.98. The molecule has 0 aromatic carbocycles. The summed E-state index contributed by atoms with van der Waals surface area (Å²) in [6, 6.07) is 0. The van der Waals surface area contributed by atoms with Crippen LogP contribution in [-0.4, -0.2) is 12.6 Å². The predicted octanol–water partition coefficient (Wildman–Crippen LogP) is 6.67. The molecular weight excluding hydrogens is 272 g/mol. The first kappa shape index (κ1) is 21.5. The fourth-order valence-electron chi connectivity index (χ4n) is 2.98. The van der Waals surface area contributed by atoms with Crippen LogP contribution in [0.15, 0.2) is 0 Å². The van der Waals surface area contributed by atoms with Crippen molar-refractivity contribution in [3.63, 3.8) is 0 Å². The van der Waals surface area contributed by atoms with Crippen molar-refractivity contribution in [3.8, 4) is 0 Å². The summed E-state index contributed by atoms with van der Waals surface area (Å²) in [5.41, 5.74) is 0. The van der Waals surface area contributed by atoms with E-state index < -0.39 is 0 Å². The Morgan fingerprint density at radius 3 is 1.55 bits per heavy atom. The van der Waals surface area contributed by atoms with Gasteiger partial charge in [-0.25, -0.2) is 0 Å².